The van der Waals surface area contributed by atoms with Gasteiger partial charge in [-0.25, -0.2) is 4.79 Å². The van der Waals surface area contributed by atoms with Crippen LogP contribution < -0.4 is 0 Å². The fraction of sp³-hybridized carbons (Fsp3) is 0.667. The van der Waals surface area contributed by atoms with E-state index < -0.39 is 11.5 Å². The van der Waals surface area contributed by atoms with Crippen LogP contribution in [-0.2, 0) is 19.1 Å². The number of halogens is 1. The van der Waals surface area contributed by atoms with Crippen molar-refractivity contribution in [1.82, 2.24) is 4.90 Å². The molecule has 2 unspecified atom stereocenters. The highest BCUT2D eigenvalue weighted by molar-refractivity contribution is 6.30. The molecule has 1 heterocycles. The molecule has 0 aromatic rings. The number of alkyl halides is 1. The van der Waals surface area contributed by atoms with Gasteiger partial charge in [-0.1, -0.05) is 11.6 Å². The molecule has 0 bridgehead atoms. The minimum atomic E-state index is -1.12. The van der Waals surface area contributed by atoms with Gasteiger partial charge >= 0.3 is 5.97 Å². The summed E-state index contributed by atoms with van der Waals surface area (Å²) in [7, 11) is 1.20. The molecule has 0 saturated carbocycles. The molecule has 1 aliphatic heterocycles. The third-order valence-electron chi connectivity index (χ3n) is 2.25. The Morgan fingerprint density at radius 3 is 2.67 bits per heavy atom. The van der Waals surface area contributed by atoms with Crippen LogP contribution >= 0.6 is 11.6 Å². The highest BCUT2D eigenvalue weighted by Gasteiger charge is 2.43. The molecular formula is C9H12ClNO4. The van der Waals surface area contributed by atoms with Gasteiger partial charge in [-0.05, 0) is 6.92 Å². The largest absolute Gasteiger partial charge is 0.467 e. The number of methoxy groups -OCH3 is 1. The molecule has 1 aliphatic rings. The molecule has 5 nitrogen and oxygen atoms in total. The van der Waals surface area contributed by atoms with E-state index in [1.807, 2.05) is 0 Å². The van der Waals surface area contributed by atoms with Crippen LogP contribution in [-0.4, -0.2) is 41.2 Å². The van der Waals surface area contributed by atoms with Gasteiger partial charge in [-0.15, -0.1) is 0 Å². The van der Waals surface area contributed by atoms with Gasteiger partial charge in [0, 0.05) is 18.9 Å². The van der Waals surface area contributed by atoms with E-state index >= 15 is 0 Å². The van der Waals surface area contributed by atoms with E-state index in [1.165, 1.54) is 18.9 Å². The minimum absolute atomic E-state index is 0.0359. The predicted molar refractivity (Wildman–Crippen MR) is 52.2 cm³/mol. The van der Waals surface area contributed by atoms with Crippen LogP contribution in [0.1, 0.15) is 19.8 Å². The molecule has 15 heavy (non-hydrogen) atoms. The van der Waals surface area contributed by atoms with Crippen LogP contribution in [0, 0.1) is 0 Å². The number of carbonyl (C=O) groups excluding carboxylic acids is 3. The van der Waals surface area contributed by atoms with Crippen LogP contribution in [0.5, 0.6) is 0 Å². The van der Waals surface area contributed by atoms with Crippen molar-refractivity contribution in [2.45, 2.75) is 31.3 Å². The number of hydrogen-bond acceptors (Lipinski definition) is 4. The summed E-state index contributed by atoms with van der Waals surface area (Å²) < 4.78 is 4.42. The zero-order valence-electron chi connectivity index (χ0n) is 8.53. The zero-order valence-corrected chi connectivity index (χ0v) is 9.28. The first-order valence-corrected chi connectivity index (χ1v) is 4.93. The van der Waals surface area contributed by atoms with Gasteiger partial charge in [0.25, 0.3) is 0 Å². The summed E-state index contributed by atoms with van der Waals surface area (Å²) in [6.07, 6.45) is 0.492. The molecule has 1 amide bonds. The summed E-state index contributed by atoms with van der Waals surface area (Å²) in [5, 5.41) is 0. The molecular weight excluding hydrogens is 222 g/mol. The van der Waals surface area contributed by atoms with E-state index in [4.69, 9.17) is 11.6 Å². The molecule has 1 rings (SSSR count). The number of ketones is 1. The highest BCUT2D eigenvalue weighted by Crippen LogP contribution is 2.27. The van der Waals surface area contributed by atoms with Gasteiger partial charge in [-0.3, -0.25) is 9.59 Å². The van der Waals surface area contributed by atoms with Crippen molar-refractivity contribution in [1.29, 1.82) is 0 Å². The highest BCUT2D eigenvalue weighted by atomic mass is 35.5. The van der Waals surface area contributed by atoms with Crippen molar-refractivity contribution >= 4 is 29.3 Å². The number of esters is 1. The Kier molecular flexibility index (Phi) is 3.68. The zero-order chi connectivity index (χ0) is 11.6. The van der Waals surface area contributed by atoms with Crippen LogP contribution in [0.15, 0.2) is 0 Å². The molecule has 2 atom stereocenters. The van der Waals surface area contributed by atoms with Crippen LogP contribution in [0.4, 0.5) is 0 Å². The van der Waals surface area contributed by atoms with Gasteiger partial charge in [0.15, 0.2) is 0 Å². The molecule has 0 N–H and O–H groups in total. The number of ether oxygens (including phenoxy) is 1. The molecule has 0 aromatic carbocycles. The fourth-order valence-electron chi connectivity index (χ4n) is 1.52. The second-order valence-electron chi connectivity index (χ2n) is 3.42. The molecule has 0 aromatic heterocycles. The number of nitrogens with zero attached hydrogens (tertiary/aromatic N) is 1. The number of likely N-dealkylation sites (tertiary alicyclic amines) is 1. The normalized spacial score (nSPS) is 21.9. The first-order valence-electron chi connectivity index (χ1n) is 4.50. The number of hydrogen-bond donors (Lipinski definition) is 0. The molecule has 1 saturated heterocycles. The fourth-order valence-corrected chi connectivity index (χ4v) is 1.88. The Morgan fingerprint density at radius 1 is 1.67 bits per heavy atom. The van der Waals surface area contributed by atoms with E-state index in [0.29, 0.717) is 0 Å². The smallest absolute Gasteiger partial charge is 0.344 e. The molecule has 0 aliphatic carbocycles. The Hall–Kier alpha value is -1.10. The second-order valence-corrected chi connectivity index (χ2v) is 3.84. The Morgan fingerprint density at radius 2 is 2.27 bits per heavy atom. The van der Waals surface area contributed by atoms with Crippen molar-refractivity contribution in [3.63, 3.8) is 0 Å². The molecule has 0 radical (unpaired) electrons. The van der Waals surface area contributed by atoms with Gasteiger partial charge in [0.05, 0.1) is 7.11 Å². The Balaban J connectivity index is 2.62. The number of Topliss-reactive ketones (excluding diaryl/α,β-unsaturated/α-hetero) is 1. The maximum absolute atomic E-state index is 11.2. The third kappa shape index (κ3) is 2.47. The van der Waals surface area contributed by atoms with Crippen molar-refractivity contribution in [2.24, 2.45) is 0 Å². The van der Waals surface area contributed by atoms with E-state index in [-0.39, 0.29) is 30.6 Å². The van der Waals surface area contributed by atoms with Gasteiger partial charge in [0.2, 0.25) is 11.4 Å². The Labute approximate surface area is 92.3 Å². The lowest BCUT2D eigenvalue weighted by molar-refractivity contribution is -0.159. The van der Waals surface area contributed by atoms with E-state index in [1.54, 1.807) is 0 Å². The first-order chi connectivity index (χ1) is 6.97. The lowest BCUT2D eigenvalue weighted by Gasteiger charge is -2.41. The second kappa shape index (κ2) is 4.61. The topological polar surface area (TPSA) is 63.7 Å². The summed E-state index contributed by atoms with van der Waals surface area (Å²) in [5.74, 6) is -0.948. The van der Waals surface area contributed by atoms with E-state index in [0.717, 1.165) is 0 Å². The van der Waals surface area contributed by atoms with Gasteiger partial charge in [-0.2, -0.15) is 0 Å². The van der Waals surface area contributed by atoms with E-state index in [9.17, 15) is 14.4 Å². The summed E-state index contributed by atoms with van der Waals surface area (Å²) in [4.78, 5) is 34.3. The van der Waals surface area contributed by atoms with Crippen molar-refractivity contribution in [3.8, 4) is 0 Å². The average Bonchev–Trinajstić information content (AvgIpc) is 2.14. The number of rotatable bonds is 4. The quantitative estimate of drug-likeness (QED) is 0.303. The minimum Gasteiger partial charge on any atom is -0.467 e. The first kappa shape index (κ1) is 12.0. The lowest BCUT2D eigenvalue weighted by atomic mass is 9.97. The standard InChI is InChI=1S/C9H12ClNO4/c1-5(12)3-6-4-7(13)11(6)8(10)9(14)15-2/h6,8H,3-4H2,1-2H3. The monoisotopic (exact) mass is 233 g/mol. The Bertz CT molecular complexity index is 304. The molecule has 6 heteroatoms. The summed E-state index contributed by atoms with van der Waals surface area (Å²) in [5.41, 5.74) is -1.12. The average molecular weight is 234 g/mol. The maximum atomic E-state index is 11.2. The van der Waals surface area contributed by atoms with Crippen molar-refractivity contribution in [3.05, 3.63) is 0 Å². The molecule has 84 valence electrons. The SMILES string of the molecule is COC(=O)C(Cl)N1C(=O)CC1CC(C)=O. The maximum Gasteiger partial charge on any atom is 0.344 e. The summed E-state index contributed by atoms with van der Waals surface area (Å²) in [6.45, 7) is 1.43. The number of amides is 1. The van der Waals surface area contributed by atoms with Crippen LogP contribution in [0.25, 0.3) is 0 Å². The van der Waals surface area contributed by atoms with Crippen LogP contribution in [0.2, 0.25) is 0 Å². The third-order valence-corrected chi connectivity index (χ3v) is 2.64. The van der Waals surface area contributed by atoms with Gasteiger partial charge < -0.3 is 9.64 Å². The van der Waals surface area contributed by atoms with Crippen LogP contribution in [0.3, 0.4) is 0 Å². The molecule has 1 fully saturated rings. The number of β-lactam (4-membered cyclic amide) rings is 1. The van der Waals surface area contributed by atoms with E-state index in [2.05, 4.69) is 4.74 Å². The summed E-state index contributed by atoms with van der Waals surface area (Å²) in [6, 6.07) is -0.267. The van der Waals surface area contributed by atoms with Crippen molar-refractivity contribution in [2.75, 3.05) is 7.11 Å². The summed E-state index contributed by atoms with van der Waals surface area (Å²) >= 11 is 5.73. The lowest BCUT2D eigenvalue weighted by Crippen LogP contribution is -2.58. The molecule has 0 spiro atoms. The van der Waals surface area contributed by atoms with Gasteiger partial charge in [0.1, 0.15) is 5.78 Å². The predicted octanol–water partition coefficient (Wildman–Crippen LogP) is 0.304. The number of carbonyl (C=O) groups is 3. The van der Waals surface area contributed by atoms with Crippen molar-refractivity contribution < 1.29 is 19.1 Å².